The van der Waals surface area contributed by atoms with E-state index in [0.717, 1.165) is 0 Å². The monoisotopic (exact) mass is 540 g/mol. The average Bonchev–Trinajstić information content (AvgIpc) is 2.52. The van der Waals surface area contributed by atoms with Gasteiger partial charge in [-0.05, 0) is 62.2 Å². The molecule has 0 atom stereocenters. The van der Waals surface area contributed by atoms with Gasteiger partial charge in [0.25, 0.3) is 10.0 Å². The minimum atomic E-state index is -4.13. The zero-order valence-electron chi connectivity index (χ0n) is 14.6. The second kappa shape index (κ2) is 7.95. The summed E-state index contributed by atoms with van der Waals surface area (Å²) in [5.41, 5.74) is 1.15. The first-order chi connectivity index (χ1) is 12.4. The van der Waals surface area contributed by atoms with Crippen LogP contribution in [0.2, 0.25) is 0 Å². The van der Waals surface area contributed by atoms with Gasteiger partial charge in [-0.25, -0.2) is 22.0 Å². The summed E-state index contributed by atoms with van der Waals surface area (Å²) in [5.74, 6) is 0. The second-order valence-electron chi connectivity index (χ2n) is 5.74. The van der Waals surface area contributed by atoms with E-state index in [1.165, 1.54) is 30.3 Å². The Morgan fingerprint density at radius 3 is 2.00 bits per heavy atom. The zero-order chi connectivity index (χ0) is 20.6. The maximum absolute atomic E-state index is 12.8. The van der Waals surface area contributed by atoms with Crippen molar-refractivity contribution in [3.05, 3.63) is 39.3 Å². The number of sulfonamides is 2. The van der Waals surface area contributed by atoms with E-state index < -0.39 is 20.0 Å². The van der Waals surface area contributed by atoms with Crippen LogP contribution in [0, 0.1) is 0 Å². The number of nitrogens with two attached hydrogens (primary N) is 1. The molecule has 8 nitrogen and oxygen atoms in total. The fourth-order valence-electron chi connectivity index (χ4n) is 2.27. The van der Waals surface area contributed by atoms with Crippen molar-refractivity contribution < 1.29 is 16.8 Å². The maximum atomic E-state index is 12.8. The van der Waals surface area contributed by atoms with Crippen LogP contribution in [0.1, 0.15) is 0 Å². The number of hydrogen-bond acceptors (Lipinski definition) is 6. The zero-order valence-corrected chi connectivity index (χ0v) is 19.4. The second-order valence-corrected chi connectivity index (χ2v) is 10.7. The van der Waals surface area contributed by atoms with Crippen LogP contribution in [-0.2, 0) is 20.0 Å². The van der Waals surface area contributed by atoms with Crippen LogP contribution in [0.3, 0.4) is 0 Å². The van der Waals surface area contributed by atoms with E-state index in [2.05, 4.69) is 41.9 Å². The summed E-state index contributed by atoms with van der Waals surface area (Å²) < 4.78 is 52.8. The first-order valence-electron chi connectivity index (χ1n) is 7.40. The van der Waals surface area contributed by atoms with E-state index in [-0.39, 0.29) is 15.5 Å². The quantitative estimate of drug-likeness (QED) is 0.517. The Hall–Kier alpha value is -1.34. The molecule has 0 bridgehead atoms. The van der Waals surface area contributed by atoms with Gasteiger partial charge in [0.05, 0.1) is 16.3 Å². The summed E-state index contributed by atoms with van der Waals surface area (Å²) in [6.45, 7) is 0. The molecule has 0 radical (unpaired) electrons. The highest BCUT2D eigenvalue weighted by Gasteiger charge is 2.23. The molecule has 0 saturated carbocycles. The molecule has 0 spiro atoms. The van der Waals surface area contributed by atoms with Gasteiger partial charge in [0, 0.05) is 35.8 Å². The van der Waals surface area contributed by atoms with Crippen molar-refractivity contribution in [2.75, 3.05) is 36.1 Å². The lowest BCUT2D eigenvalue weighted by atomic mass is 10.2. The van der Waals surface area contributed by atoms with Crippen LogP contribution in [0.4, 0.5) is 17.1 Å². The number of benzene rings is 2. The van der Waals surface area contributed by atoms with Crippen LogP contribution < -0.4 is 20.1 Å². The van der Waals surface area contributed by atoms with Crippen molar-refractivity contribution >= 4 is 69.0 Å². The van der Waals surface area contributed by atoms with Gasteiger partial charge in [-0.2, -0.15) is 0 Å². The van der Waals surface area contributed by atoms with Gasteiger partial charge >= 0.3 is 0 Å². The highest BCUT2D eigenvalue weighted by Crippen LogP contribution is 2.35. The van der Waals surface area contributed by atoms with Crippen molar-refractivity contribution in [3.8, 4) is 0 Å². The third-order valence-corrected chi connectivity index (χ3v) is 7.17. The predicted molar refractivity (Wildman–Crippen MR) is 114 cm³/mol. The van der Waals surface area contributed by atoms with E-state index in [9.17, 15) is 16.8 Å². The van der Waals surface area contributed by atoms with Crippen LogP contribution in [0.15, 0.2) is 49.1 Å². The molecule has 0 fully saturated rings. The Morgan fingerprint density at radius 2 is 1.56 bits per heavy atom. The number of anilines is 3. The van der Waals surface area contributed by atoms with Gasteiger partial charge in [-0.15, -0.1) is 0 Å². The Bertz CT molecular complexity index is 1060. The molecule has 0 aliphatic heterocycles. The lowest BCUT2D eigenvalue weighted by molar-refractivity contribution is 0.598. The molecule has 0 unspecified atom stereocenters. The largest absolute Gasteiger partial charge is 0.386 e. The molecule has 148 valence electrons. The molecular formula is C15H18Br2N4O4S2. The molecule has 0 aliphatic rings. The van der Waals surface area contributed by atoms with Gasteiger partial charge in [0.1, 0.15) is 4.90 Å². The Kier molecular flexibility index (Phi) is 6.47. The third-order valence-electron chi connectivity index (χ3n) is 3.61. The fourth-order valence-corrected chi connectivity index (χ4v) is 6.02. The van der Waals surface area contributed by atoms with E-state index in [0.29, 0.717) is 20.3 Å². The summed E-state index contributed by atoms with van der Waals surface area (Å²) in [6.07, 6.45) is 0. The molecule has 12 heteroatoms. The highest BCUT2D eigenvalue weighted by molar-refractivity contribution is 9.11. The highest BCUT2D eigenvalue weighted by atomic mass is 79.9. The number of rotatable bonds is 6. The minimum Gasteiger partial charge on any atom is -0.386 e. The molecule has 0 amide bonds. The van der Waals surface area contributed by atoms with Gasteiger partial charge in [-0.1, -0.05) is 0 Å². The number of hydrogen-bond donors (Lipinski definition) is 3. The molecule has 2 aromatic rings. The molecule has 0 heterocycles. The maximum Gasteiger partial charge on any atom is 0.262 e. The third kappa shape index (κ3) is 4.93. The molecule has 27 heavy (non-hydrogen) atoms. The summed E-state index contributed by atoms with van der Waals surface area (Å²) >= 11 is 6.61. The number of halogens is 2. The average molecular weight is 542 g/mol. The number of primary sulfonamides is 1. The van der Waals surface area contributed by atoms with Crippen LogP contribution in [-0.4, -0.2) is 38.0 Å². The SMILES string of the molecule is CNc1c(Br)cc(S(=O)(=O)Nc2cc(N(C)C)ccc2S(N)(=O)=O)cc1Br. The first-order valence-corrected chi connectivity index (χ1v) is 12.0. The lowest BCUT2D eigenvalue weighted by Crippen LogP contribution is -2.20. The van der Waals surface area contributed by atoms with Crippen LogP contribution >= 0.6 is 31.9 Å². The Balaban J connectivity index is 2.59. The lowest BCUT2D eigenvalue weighted by Gasteiger charge is -2.17. The van der Waals surface area contributed by atoms with E-state index in [1.54, 1.807) is 26.0 Å². The predicted octanol–water partition coefficient (Wildman–Crippen LogP) is 2.77. The summed E-state index contributed by atoms with van der Waals surface area (Å²) in [4.78, 5) is 1.33. The molecule has 4 N–H and O–H groups in total. The van der Waals surface area contributed by atoms with Crippen molar-refractivity contribution in [2.24, 2.45) is 5.14 Å². The summed E-state index contributed by atoms with van der Waals surface area (Å²) in [5, 5.41) is 8.16. The smallest absolute Gasteiger partial charge is 0.262 e. The Labute approximate surface area is 175 Å². The van der Waals surface area contributed by atoms with Gasteiger partial charge in [0.15, 0.2) is 0 Å². The molecule has 2 aromatic carbocycles. The molecule has 2 rings (SSSR count). The van der Waals surface area contributed by atoms with Crippen LogP contribution in [0.5, 0.6) is 0 Å². The summed E-state index contributed by atoms with van der Waals surface area (Å²) in [7, 11) is -3.03. The van der Waals surface area contributed by atoms with Crippen molar-refractivity contribution in [1.82, 2.24) is 0 Å². The van der Waals surface area contributed by atoms with Crippen LogP contribution in [0.25, 0.3) is 0 Å². The molecule has 0 aliphatic carbocycles. The van der Waals surface area contributed by atoms with E-state index in [1.807, 2.05) is 0 Å². The molecular weight excluding hydrogens is 524 g/mol. The van der Waals surface area contributed by atoms with Gasteiger partial charge in [0.2, 0.25) is 10.0 Å². The number of nitrogens with zero attached hydrogens (tertiary/aromatic N) is 1. The van der Waals surface area contributed by atoms with Crippen molar-refractivity contribution in [1.29, 1.82) is 0 Å². The number of nitrogens with one attached hydrogen (secondary N) is 2. The van der Waals surface area contributed by atoms with Gasteiger partial charge in [-0.3, -0.25) is 4.72 Å². The first kappa shape index (κ1) is 22.0. The standard InChI is InChI=1S/C15H18Br2N4O4S2/c1-19-15-11(16)7-10(8-12(15)17)27(24,25)20-13-6-9(21(2)3)4-5-14(13)26(18,22)23/h4-8,19-20H,1-3H3,(H2,18,22,23). The fraction of sp³-hybridized carbons (Fsp3) is 0.200. The molecule has 0 aromatic heterocycles. The summed E-state index contributed by atoms with van der Waals surface area (Å²) in [6, 6.07) is 7.02. The Morgan fingerprint density at radius 1 is 1.00 bits per heavy atom. The van der Waals surface area contributed by atoms with Crippen molar-refractivity contribution in [3.63, 3.8) is 0 Å². The normalized spacial score (nSPS) is 11.9. The topological polar surface area (TPSA) is 122 Å². The van der Waals surface area contributed by atoms with Crippen molar-refractivity contribution in [2.45, 2.75) is 9.79 Å². The van der Waals surface area contributed by atoms with E-state index >= 15 is 0 Å². The van der Waals surface area contributed by atoms with E-state index in [4.69, 9.17) is 5.14 Å². The van der Waals surface area contributed by atoms with Gasteiger partial charge < -0.3 is 10.2 Å². The minimum absolute atomic E-state index is 0.0594. The molecule has 0 saturated heterocycles.